The molecule has 15 heavy (non-hydrogen) atoms. The van der Waals surface area contributed by atoms with Crippen LogP contribution in [0.5, 0.6) is 0 Å². The normalized spacial score (nSPS) is 12.1. The van der Waals surface area contributed by atoms with E-state index in [9.17, 15) is 13.2 Å². The number of nitrogens with one attached hydrogen (secondary N) is 1. The van der Waals surface area contributed by atoms with E-state index in [1.165, 1.54) is 10.4 Å². The zero-order valence-electron chi connectivity index (χ0n) is 8.74. The average Bonchev–Trinajstić information content (AvgIpc) is 2.44. The van der Waals surface area contributed by atoms with Gasteiger partial charge in [0.25, 0.3) is 0 Å². The van der Waals surface area contributed by atoms with Crippen molar-refractivity contribution in [3.63, 3.8) is 0 Å². The number of hydrogen-bond donors (Lipinski definition) is 1. The molecule has 1 rings (SSSR count). The summed E-state index contributed by atoms with van der Waals surface area (Å²) >= 11 is 1.59. The summed E-state index contributed by atoms with van der Waals surface area (Å²) in [5.41, 5.74) is 2.17. The van der Waals surface area contributed by atoms with Gasteiger partial charge in [-0.15, -0.1) is 11.3 Å². The first-order valence-electron chi connectivity index (χ1n) is 4.77. The standard InChI is InChI=1S/C10H14F3NS/c1-3-9-7(2)15-5-8(9)4-14-6-10(11,12)13/h5,14H,3-4,6H2,1-2H3. The monoisotopic (exact) mass is 237 g/mol. The Balaban J connectivity index is 2.51. The van der Waals surface area contributed by atoms with E-state index in [2.05, 4.69) is 5.32 Å². The Bertz CT molecular complexity index is 317. The molecule has 0 aliphatic rings. The van der Waals surface area contributed by atoms with Crippen molar-refractivity contribution in [2.75, 3.05) is 6.54 Å². The van der Waals surface area contributed by atoms with E-state index in [1.54, 1.807) is 11.3 Å². The van der Waals surface area contributed by atoms with Gasteiger partial charge in [-0.3, -0.25) is 0 Å². The van der Waals surface area contributed by atoms with Crippen LogP contribution in [0.4, 0.5) is 13.2 Å². The second kappa shape index (κ2) is 4.99. The Labute approximate surface area is 91.3 Å². The Hall–Kier alpha value is -0.550. The molecule has 0 bridgehead atoms. The summed E-state index contributed by atoms with van der Waals surface area (Å²) in [5, 5.41) is 4.34. The van der Waals surface area contributed by atoms with Gasteiger partial charge >= 0.3 is 6.18 Å². The van der Waals surface area contributed by atoms with Crippen LogP contribution in [0.2, 0.25) is 0 Å². The number of halogens is 3. The zero-order chi connectivity index (χ0) is 11.5. The van der Waals surface area contributed by atoms with Crippen LogP contribution >= 0.6 is 11.3 Å². The Morgan fingerprint density at radius 1 is 1.40 bits per heavy atom. The lowest BCUT2D eigenvalue weighted by atomic mass is 10.1. The third-order valence-corrected chi connectivity index (χ3v) is 3.19. The van der Waals surface area contributed by atoms with Crippen molar-refractivity contribution >= 4 is 11.3 Å². The number of rotatable bonds is 4. The van der Waals surface area contributed by atoms with Gasteiger partial charge in [-0.2, -0.15) is 13.2 Å². The number of alkyl halides is 3. The molecule has 1 nitrogen and oxygen atoms in total. The van der Waals surface area contributed by atoms with Crippen molar-refractivity contribution in [2.45, 2.75) is 33.0 Å². The molecule has 1 aromatic rings. The van der Waals surface area contributed by atoms with Gasteiger partial charge in [-0.25, -0.2) is 0 Å². The molecule has 0 aliphatic carbocycles. The first-order valence-corrected chi connectivity index (χ1v) is 5.65. The highest BCUT2D eigenvalue weighted by molar-refractivity contribution is 7.10. The van der Waals surface area contributed by atoms with Crippen molar-refractivity contribution in [2.24, 2.45) is 0 Å². The van der Waals surface area contributed by atoms with Crippen LogP contribution in [0.3, 0.4) is 0 Å². The van der Waals surface area contributed by atoms with Crippen LogP contribution in [0, 0.1) is 6.92 Å². The van der Waals surface area contributed by atoms with Gasteiger partial charge in [-0.1, -0.05) is 6.92 Å². The molecule has 0 aliphatic heterocycles. The predicted octanol–water partition coefficient (Wildman–Crippen LogP) is 3.27. The van der Waals surface area contributed by atoms with E-state index < -0.39 is 12.7 Å². The molecule has 1 N–H and O–H groups in total. The van der Waals surface area contributed by atoms with Gasteiger partial charge in [0.05, 0.1) is 6.54 Å². The molecule has 5 heteroatoms. The van der Waals surface area contributed by atoms with E-state index >= 15 is 0 Å². The highest BCUT2D eigenvalue weighted by Gasteiger charge is 2.26. The molecule has 0 radical (unpaired) electrons. The summed E-state index contributed by atoms with van der Waals surface area (Å²) < 4.78 is 35.7. The third kappa shape index (κ3) is 3.83. The number of hydrogen-bond acceptors (Lipinski definition) is 2. The molecule has 0 atom stereocenters. The molecular formula is C10H14F3NS. The third-order valence-electron chi connectivity index (χ3n) is 2.19. The second-order valence-electron chi connectivity index (χ2n) is 3.37. The van der Waals surface area contributed by atoms with Crippen LogP contribution in [0.1, 0.15) is 22.9 Å². The topological polar surface area (TPSA) is 12.0 Å². The van der Waals surface area contributed by atoms with Gasteiger partial charge in [-0.05, 0) is 29.9 Å². The van der Waals surface area contributed by atoms with E-state index in [0.29, 0.717) is 6.54 Å². The first-order chi connectivity index (χ1) is 6.94. The molecule has 0 amide bonds. The maximum absolute atomic E-state index is 11.9. The maximum atomic E-state index is 11.9. The lowest BCUT2D eigenvalue weighted by Crippen LogP contribution is -2.28. The summed E-state index contributed by atoms with van der Waals surface area (Å²) in [7, 11) is 0. The highest BCUT2D eigenvalue weighted by atomic mass is 32.1. The summed E-state index contributed by atoms with van der Waals surface area (Å²) in [5.74, 6) is 0. The summed E-state index contributed by atoms with van der Waals surface area (Å²) in [4.78, 5) is 1.20. The fourth-order valence-electron chi connectivity index (χ4n) is 1.49. The van der Waals surface area contributed by atoms with E-state index in [-0.39, 0.29) is 0 Å². The highest BCUT2D eigenvalue weighted by Crippen LogP contribution is 2.22. The largest absolute Gasteiger partial charge is 0.401 e. The minimum absolute atomic E-state index is 0.299. The number of thiophene rings is 1. The van der Waals surface area contributed by atoms with Gasteiger partial charge < -0.3 is 5.32 Å². The van der Waals surface area contributed by atoms with Crippen molar-refractivity contribution < 1.29 is 13.2 Å². The quantitative estimate of drug-likeness (QED) is 0.847. The van der Waals surface area contributed by atoms with Crippen molar-refractivity contribution in [3.05, 3.63) is 21.4 Å². The zero-order valence-corrected chi connectivity index (χ0v) is 9.56. The lowest BCUT2D eigenvalue weighted by molar-refractivity contribution is -0.125. The van der Waals surface area contributed by atoms with E-state index in [4.69, 9.17) is 0 Å². The lowest BCUT2D eigenvalue weighted by Gasteiger charge is -2.08. The molecule has 0 spiro atoms. The maximum Gasteiger partial charge on any atom is 0.401 e. The molecule has 1 heterocycles. The summed E-state index contributed by atoms with van der Waals surface area (Å²) in [6.07, 6.45) is -3.25. The average molecular weight is 237 g/mol. The Morgan fingerprint density at radius 2 is 2.07 bits per heavy atom. The SMILES string of the molecule is CCc1c(CNCC(F)(F)F)csc1C. The molecule has 0 unspecified atom stereocenters. The molecular weight excluding hydrogens is 223 g/mol. The van der Waals surface area contributed by atoms with Gasteiger partial charge in [0.1, 0.15) is 0 Å². The van der Waals surface area contributed by atoms with Crippen LogP contribution in [0.15, 0.2) is 5.38 Å². The van der Waals surface area contributed by atoms with Gasteiger partial charge in [0.2, 0.25) is 0 Å². The van der Waals surface area contributed by atoms with Crippen LogP contribution < -0.4 is 5.32 Å². The minimum Gasteiger partial charge on any atom is -0.305 e. The van der Waals surface area contributed by atoms with Crippen LogP contribution in [0.25, 0.3) is 0 Å². The smallest absolute Gasteiger partial charge is 0.305 e. The van der Waals surface area contributed by atoms with Gasteiger partial charge in [0, 0.05) is 11.4 Å². The fraction of sp³-hybridized carbons (Fsp3) is 0.600. The molecule has 0 saturated heterocycles. The second-order valence-corrected chi connectivity index (χ2v) is 4.45. The molecule has 1 aromatic heterocycles. The Morgan fingerprint density at radius 3 is 2.60 bits per heavy atom. The van der Waals surface area contributed by atoms with Crippen molar-refractivity contribution in [3.8, 4) is 0 Å². The van der Waals surface area contributed by atoms with Crippen LogP contribution in [-0.2, 0) is 13.0 Å². The molecule has 86 valence electrons. The number of aryl methyl sites for hydroxylation is 1. The van der Waals surface area contributed by atoms with E-state index in [1.807, 2.05) is 19.2 Å². The first kappa shape index (κ1) is 12.5. The molecule has 0 fully saturated rings. The van der Waals surface area contributed by atoms with Gasteiger partial charge in [0.15, 0.2) is 0 Å². The molecule has 0 saturated carbocycles. The summed E-state index contributed by atoms with van der Waals surface area (Å²) in [6, 6.07) is 0. The van der Waals surface area contributed by atoms with Crippen molar-refractivity contribution in [1.82, 2.24) is 5.32 Å². The van der Waals surface area contributed by atoms with E-state index in [0.717, 1.165) is 12.0 Å². The van der Waals surface area contributed by atoms with Crippen molar-refractivity contribution in [1.29, 1.82) is 0 Å². The predicted molar refractivity (Wildman–Crippen MR) is 56.2 cm³/mol. The minimum atomic E-state index is -4.13. The Kier molecular flexibility index (Phi) is 4.16. The fourth-order valence-corrected chi connectivity index (χ4v) is 2.45. The molecule has 0 aromatic carbocycles. The van der Waals surface area contributed by atoms with Crippen LogP contribution in [-0.4, -0.2) is 12.7 Å². The summed E-state index contributed by atoms with van der Waals surface area (Å²) in [6.45, 7) is 3.39.